The van der Waals surface area contributed by atoms with Crippen LogP contribution >= 0.6 is 18.2 Å². The van der Waals surface area contributed by atoms with Gasteiger partial charge in [0.2, 0.25) is 0 Å². The third kappa shape index (κ3) is 3.43. The Labute approximate surface area is 189 Å². The van der Waals surface area contributed by atoms with Gasteiger partial charge in [0.25, 0.3) is 0 Å². The molecule has 0 bridgehead atoms. The summed E-state index contributed by atoms with van der Waals surface area (Å²) in [5, 5.41) is 9.42. The van der Waals surface area contributed by atoms with Gasteiger partial charge >= 0.3 is 189 Å². The Morgan fingerprint density at radius 2 is 1.42 bits per heavy atom. The fourth-order valence-corrected chi connectivity index (χ4v) is 13.4. The van der Waals surface area contributed by atoms with Gasteiger partial charge in [-0.25, -0.2) is 0 Å². The average Bonchev–Trinajstić information content (AvgIpc) is 3.34. The summed E-state index contributed by atoms with van der Waals surface area (Å²) in [5.41, 5.74) is 1.06. The van der Waals surface area contributed by atoms with E-state index in [9.17, 15) is 0 Å². The topological polar surface area (TPSA) is 26.0 Å². The van der Waals surface area contributed by atoms with Crippen LogP contribution in [0.1, 0.15) is 18.5 Å². The molecular formula is C27H27ClNOP. The van der Waals surface area contributed by atoms with E-state index in [2.05, 4.69) is 90.1 Å². The molecule has 4 heteroatoms. The molecule has 4 aromatic rings. The van der Waals surface area contributed by atoms with Gasteiger partial charge in [-0.05, 0) is 0 Å². The summed E-state index contributed by atoms with van der Waals surface area (Å²) in [6, 6.07) is 33.2. The van der Waals surface area contributed by atoms with Crippen molar-refractivity contribution in [2.75, 3.05) is 12.3 Å². The standard InChI is InChI=1S/C27H27ClNOP/c28-23-13-15-27(16-14-23)31(25-9-3-1-4-10-25,26-11-5-2-6-12-26)19-7-8-22(21-31)20-24-17-18-30-29-24/h1-6,9-18,22H,7-8,19-21H2. The van der Waals surface area contributed by atoms with Gasteiger partial charge in [0.1, 0.15) is 0 Å². The quantitative estimate of drug-likeness (QED) is 0.361. The molecule has 2 nitrogen and oxygen atoms in total. The Balaban J connectivity index is 1.77. The van der Waals surface area contributed by atoms with Gasteiger partial charge in [-0.15, -0.1) is 0 Å². The first-order chi connectivity index (χ1) is 15.2. The minimum absolute atomic E-state index is 0.549. The summed E-state index contributed by atoms with van der Waals surface area (Å²) in [7, 11) is 0. The summed E-state index contributed by atoms with van der Waals surface area (Å²) in [4.78, 5) is 0. The predicted octanol–water partition coefficient (Wildman–Crippen LogP) is 5.81. The fraction of sp³-hybridized carbons (Fsp3) is 0.222. The molecule has 0 saturated carbocycles. The first-order valence-electron chi connectivity index (χ1n) is 11.0. The molecule has 1 aliphatic heterocycles. The SMILES string of the molecule is Clc1ccc(P2(c3ccccc3)(c3ccccc3)CCCC(Cc3ccon3)C2)cc1. The predicted molar refractivity (Wildman–Crippen MR) is 133 cm³/mol. The van der Waals surface area contributed by atoms with Crippen LogP contribution in [0.15, 0.2) is 102 Å². The number of nitrogens with zero attached hydrogens (tertiary/aromatic N) is 1. The second-order valence-electron chi connectivity index (χ2n) is 8.76. The molecule has 0 aliphatic carbocycles. The van der Waals surface area contributed by atoms with Gasteiger partial charge in [0.05, 0.1) is 0 Å². The number of hydrogen-bond acceptors (Lipinski definition) is 2. The monoisotopic (exact) mass is 447 g/mol. The Kier molecular flexibility index (Phi) is 5.46. The molecule has 5 rings (SSSR count). The van der Waals surface area contributed by atoms with E-state index in [0.717, 1.165) is 23.3 Å². The van der Waals surface area contributed by atoms with Crippen LogP contribution in [0.4, 0.5) is 0 Å². The van der Waals surface area contributed by atoms with Gasteiger partial charge < -0.3 is 0 Å². The van der Waals surface area contributed by atoms with Crippen molar-refractivity contribution in [2.45, 2.75) is 19.3 Å². The van der Waals surface area contributed by atoms with E-state index in [1.807, 2.05) is 6.07 Å². The molecule has 2 heterocycles. The molecule has 0 spiro atoms. The maximum absolute atomic E-state index is 6.35. The van der Waals surface area contributed by atoms with Crippen LogP contribution in [0.25, 0.3) is 0 Å². The van der Waals surface area contributed by atoms with Crippen molar-refractivity contribution in [3.63, 3.8) is 0 Å². The van der Waals surface area contributed by atoms with E-state index < -0.39 is 6.60 Å². The zero-order valence-electron chi connectivity index (χ0n) is 17.5. The normalized spacial score (nSPS) is 21.1. The molecule has 1 fully saturated rings. The molecule has 1 unspecified atom stereocenters. The summed E-state index contributed by atoms with van der Waals surface area (Å²) in [6.07, 6.45) is 7.41. The van der Waals surface area contributed by atoms with E-state index in [0.29, 0.717) is 5.92 Å². The third-order valence-corrected chi connectivity index (χ3v) is 14.6. The zero-order chi connectivity index (χ0) is 21.2. The Bertz CT molecular complexity index is 1090. The maximum atomic E-state index is 6.35. The van der Waals surface area contributed by atoms with E-state index in [1.165, 1.54) is 34.9 Å². The van der Waals surface area contributed by atoms with E-state index in [-0.39, 0.29) is 0 Å². The van der Waals surface area contributed by atoms with Gasteiger partial charge in [-0.3, -0.25) is 0 Å². The number of aromatic nitrogens is 1. The van der Waals surface area contributed by atoms with E-state index >= 15 is 0 Å². The van der Waals surface area contributed by atoms with Crippen LogP contribution < -0.4 is 15.9 Å². The summed E-state index contributed by atoms with van der Waals surface area (Å²) in [5.74, 6) is 0.549. The summed E-state index contributed by atoms with van der Waals surface area (Å²) < 4.78 is 5.15. The van der Waals surface area contributed by atoms with Crippen molar-refractivity contribution < 1.29 is 4.52 Å². The molecule has 158 valence electrons. The van der Waals surface area contributed by atoms with E-state index in [4.69, 9.17) is 16.1 Å². The molecule has 1 aliphatic rings. The molecule has 1 aromatic heterocycles. The first-order valence-corrected chi connectivity index (χ1v) is 14.0. The molecule has 1 atom stereocenters. The fourth-order valence-electron chi connectivity index (χ4n) is 5.81. The summed E-state index contributed by atoms with van der Waals surface area (Å²) >= 11 is 6.35. The minimum atomic E-state index is -2.72. The third-order valence-electron chi connectivity index (χ3n) is 7.12. The first kappa shape index (κ1) is 20.5. The Morgan fingerprint density at radius 1 is 0.806 bits per heavy atom. The number of benzene rings is 3. The molecule has 31 heavy (non-hydrogen) atoms. The van der Waals surface area contributed by atoms with Gasteiger partial charge in [-0.2, -0.15) is 0 Å². The van der Waals surface area contributed by atoms with Crippen molar-refractivity contribution in [2.24, 2.45) is 5.92 Å². The second kappa shape index (κ2) is 8.26. The number of rotatable bonds is 5. The van der Waals surface area contributed by atoms with Crippen LogP contribution in [0, 0.1) is 5.92 Å². The average molecular weight is 448 g/mol. The molecule has 0 radical (unpaired) electrons. The summed E-state index contributed by atoms with van der Waals surface area (Å²) in [6.45, 7) is -2.72. The molecule has 3 aromatic carbocycles. The van der Waals surface area contributed by atoms with Crippen molar-refractivity contribution in [1.82, 2.24) is 5.16 Å². The molecular weight excluding hydrogens is 421 g/mol. The van der Waals surface area contributed by atoms with Gasteiger partial charge in [-0.1, -0.05) is 0 Å². The second-order valence-corrected chi connectivity index (χ2v) is 14.6. The van der Waals surface area contributed by atoms with Crippen molar-refractivity contribution in [3.8, 4) is 0 Å². The van der Waals surface area contributed by atoms with Crippen LogP contribution in [-0.2, 0) is 6.42 Å². The van der Waals surface area contributed by atoms with Gasteiger partial charge in [0, 0.05) is 0 Å². The number of halogens is 1. The molecule has 1 saturated heterocycles. The Morgan fingerprint density at radius 3 is 2.00 bits per heavy atom. The zero-order valence-corrected chi connectivity index (χ0v) is 19.2. The van der Waals surface area contributed by atoms with Crippen molar-refractivity contribution in [1.29, 1.82) is 0 Å². The van der Waals surface area contributed by atoms with Crippen LogP contribution in [-0.4, -0.2) is 17.5 Å². The van der Waals surface area contributed by atoms with Crippen molar-refractivity contribution >= 4 is 34.1 Å². The molecule has 0 amide bonds. The van der Waals surface area contributed by atoms with Crippen LogP contribution in [0.5, 0.6) is 0 Å². The van der Waals surface area contributed by atoms with Crippen LogP contribution in [0.3, 0.4) is 0 Å². The molecule has 0 N–H and O–H groups in total. The van der Waals surface area contributed by atoms with Gasteiger partial charge in [0.15, 0.2) is 0 Å². The Hall–Kier alpha value is -2.41. The van der Waals surface area contributed by atoms with Crippen LogP contribution in [0.2, 0.25) is 5.02 Å². The number of hydrogen-bond donors (Lipinski definition) is 0. The van der Waals surface area contributed by atoms with Crippen molar-refractivity contribution in [3.05, 3.63) is 108 Å². The van der Waals surface area contributed by atoms with E-state index in [1.54, 1.807) is 6.26 Å².